The van der Waals surface area contributed by atoms with E-state index in [9.17, 15) is 0 Å². The van der Waals surface area contributed by atoms with E-state index in [-0.39, 0.29) is 5.54 Å². The minimum absolute atomic E-state index is 0.169. The fourth-order valence-corrected chi connectivity index (χ4v) is 4.20. The highest BCUT2D eigenvalue weighted by atomic mass is 15.3. The Morgan fingerprint density at radius 1 is 0.963 bits per heavy atom. The van der Waals surface area contributed by atoms with Crippen LogP contribution in [-0.4, -0.2) is 98.7 Å². The van der Waals surface area contributed by atoms with Crippen molar-refractivity contribution in [3.05, 3.63) is 0 Å². The van der Waals surface area contributed by atoms with E-state index in [0.717, 1.165) is 19.0 Å². The number of nitrogens with zero attached hydrogens (tertiary/aromatic N) is 4. The quantitative estimate of drug-likeness (QED) is 0.496. The molecule has 0 aromatic carbocycles. The summed E-state index contributed by atoms with van der Waals surface area (Å²) in [6.45, 7) is 20.8. The second kappa shape index (κ2) is 11.2. The van der Waals surface area contributed by atoms with Crippen LogP contribution in [-0.2, 0) is 0 Å². The Bertz CT molecular complexity index is 436. The molecule has 0 amide bonds. The molecule has 0 spiro atoms. The molecule has 0 radical (unpaired) electrons. The standard InChI is InChI=1S/C21H44N6/c1-6-25-12-14-26(15-13-25)17-19(2)16-23-20(22-5)24-18-21(3,4)27-10-8-7-9-11-27/h19H,6-18H2,1-5H3,(H2,22,23,24). The topological polar surface area (TPSA) is 46.1 Å². The number of hydrogen-bond donors (Lipinski definition) is 2. The van der Waals surface area contributed by atoms with Gasteiger partial charge in [0.05, 0.1) is 0 Å². The van der Waals surface area contributed by atoms with Gasteiger partial charge in [0.1, 0.15) is 0 Å². The summed E-state index contributed by atoms with van der Waals surface area (Å²) in [5, 5.41) is 7.09. The van der Waals surface area contributed by atoms with Crippen LogP contribution in [0.2, 0.25) is 0 Å². The zero-order chi connectivity index (χ0) is 19.7. The molecule has 0 bridgehead atoms. The van der Waals surface area contributed by atoms with Crippen LogP contribution in [0, 0.1) is 5.92 Å². The Hall–Kier alpha value is -0.850. The maximum atomic E-state index is 4.43. The molecule has 0 aromatic rings. The minimum atomic E-state index is 0.169. The highest BCUT2D eigenvalue weighted by Gasteiger charge is 2.28. The number of aliphatic imine (C=N–C) groups is 1. The van der Waals surface area contributed by atoms with E-state index in [1.54, 1.807) is 0 Å². The molecule has 2 rings (SSSR count). The van der Waals surface area contributed by atoms with Gasteiger partial charge in [-0.25, -0.2) is 0 Å². The molecule has 0 saturated carbocycles. The average Bonchev–Trinajstić information content (AvgIpc) is 2.69. The third-order valence-corrected chi connectivity index (χ3v) is 6.22. The van der Waals surface area contributed by atoms with E-state index in [2.05, 4.69) is 58.0 Å². The Kier molecular flexibility index (Phi) is 9.33. The third kappa shape index (κ3) is 7.59. The van der Waals surface area contributed by atoms with Gasteiger partial charge in [-0.1, -0.05) is 20.3 Å². The predicted molar refractivity (Wildman–Crippen MR) is 117 cm³/mol. The van der Waals surface area contributed by atoms with Gasteiger partial charge in [-0.2, -0.15) is 0 Å². The van der Waals surface area contributed by atoms with Gasteiger partial charge in [0.2, 0.25) is 0 Å². The predicted octanol–water partition coefficient (Wildman–Crippen LogP) is 1.69. The third-order valence-electron chi connectivity index (χ3n) is 6.22. The van der Waals surface area contributed by atoms with E-state index in [0.29, 0.717) is 5.92 Å². The summed E-state index contributed by atoms with van der Waals surface area (Å²) in [7, 11) is 1.87. The molecular weight excluding hydrogens is 336 g/mol. The van der Waals surface area contributed by atoms with Crippen molar-refractivity contribution in [1.29, 1.82) is 0 Å². The molecule has 2 fully saturated rings. The van der Waals surface area contributed by atoms with E-state index < -0.39 is 0 Å². The fourth-order valence-electron chi connectivity index (χ4n) is 4.20. The summed E-state index contributed by atoms with van der Waals surface area (Å²) in [6.07, 6.45) is 4.05. The summed E-state index contributed by atoms with van der Waals surface area (Å²) in [5.41, 5.74) is 0.169. The SMILES string of the molecule is CCN1CCN(CC(C)CNC(=NC)NCC(C)(C)N2CCCCC2)CC1. The Morgan fingerprint density at radius 2 is 1.59 bits per heavy atom. The summed E-state index contributed by atoms with van der Waals surface area (Å²) < 4.78 is 0. The van der Waals surface area contributed by atoms with Gasteiger partial charge in [0, 0.05) is 58.4 Å². The van der Waals surface area contributed by atoms with Gasteiger partial charge < -0.3 is 20.4 Å². The zero-order valence-electron chi connectivity index (χ0n) is 18.6. The molecule has 0 aliphatic carbocycles. The maximum absolute atomic E-state index is 4.43. The summed E-state index contributed by atoms with van der Waals surface area (Å²) in [5.74, 6) is 1.55. The number of likely N-dealkylation sites (tertiary alicyclic amines) is 1. The molecule has 1 atom stereocenters. The smallest absolute Gasteiger partial charge is 0.191 e. The number of piperazine rings is 1. The van der Waals surface area contributed by atoms with Crippen LogP contribution < -0.4 is 10.6 Å². The molecule has 2 heterocycles. The van der Waals surface area contributed by atoms with E-state index in [1.807, 2.05) is 7.05 Å². The first-order valence-electron chi connectivity index (χ1n) is 11.1. The van der Waals surface area contributed by atoms with Crippen molar-refractivity contribution in [3.63, 3.8) is 0 Å². The monoisotopic (exact) mass is 380 g/mol. The largest absolute Gasteiger partial charge is 0.356 e. The molecular formula is C21H44N6. The number of piperidine rings is 1. The molecule has 1 unspecified atom stereocenters. The van der Waals surface area contributed by atoms with Crippen molar-refractivity contribution in [3.8, 4) is 0 Å². The first-order valence-corrected chi connectivity index (χ1v) is 11.1. The second-order valence-corrected chi connectivity index (χ2v) is 9.01. The van der Waals surface area contributed by atoms with E-state index >= 15 is 0 Å². The molecule has 2 saturated heterocycles. The van der Waals surface area contributed by atoms with Crippen LogP contribution in [0.15, 0.2) is 4.99 Å². The van der Waals surface area contributed by atoms with Gasteiger partial charge in [0.15, 0.2) is 5.96 Å². The lowest BCUT2D eigenvalue weighted by Gasteiger charge is -2.41. The van der Waals surface area contributed by atoms with Crippen molar-refractivity contribution in [2.24, 2.45) is 10.9 Å². The van der Waals surface area contributed by atoms with Crippen LogP contribution >= 0.6 is 0 Å². The number of nitrogens with one attached hydrogen (secondary N) is 2. The lowest BCUT2D eigenvalue weighted by Crippen LogP contribution is -2.55. The van der Waals surface area contributed by atoms with Crippen LogP contribution in [0.4, 0.5) is 0 Å². The van der Waals surface area contributed by atoms with Gasteiger partial charge in [-0.05, 0) is 52.2 Å². The highest BCUT2D eigenvalue weighted by molar-refractivity contribution is 5.79. The van der Waals surface area contributed by atoms with Crippen LogP contribution in [0.5, 0.6) is 0 Å². The van der Waals surface area contributed by atoms with Crippen molar-refractivity contribution in [2.45, 2.75) is 52.5 Å². The molecule has 6 heteroatoms. The molecule has 2 aliphatic heterocycles. The lowest BCUT2D eigenvalue weighted by atomic mass is 9.98. The van der Waals surface area contributed by atoms with E-state index in [4.69, 9.17) is 0 Å². The summed E-state index contributed by atoms with van der Waals surface area (Å²) in [4.78, 5) is 12.2. The number of hydrogen-bond acceptors (Lipinski definition) is 4. The van der Waals surface area contributed by atoms with Gasteiger partial charge in [-0.3, -0.25) is 9.89 Å². The maximum Gasteiger partial charge on any atom is 0.191 e. The Morgan fingerprint density at radius 3 is 2.19 bits per heavy atom. The number of guanidine groups is 1. The van der Waals surface area contributed by atoms with Crippen molar-refractivity contribution >= 4 is 5.96 Å². The summed E-state index contributed by atoms with van der Waals surface area (Å²) in [6, 6.07) is 0. The number of likely N-dealkylation sites (N-methyl/N-ethyl adjacent to an activating group) is 1. The van der Waals surface area contributed by atoms with Gasteiger partial charge in [0.25, 0.3) is 0 Å². The van der Waals surface area contributed by atoms with Crippen molar-refractivity contribution in [1.82, 2.24) is 25.3 Å². The molecule has 27 heavy (non-hydrogen) atoms. The first-order chi connectivity index (χ1) is 12.9. The molecule has 2 aliphatic rings. The molecule has 6 nitrogen and oxygen atoms in total. The normalized spacial score (nSPS) is 22.6. The average molecular weight is 381 g/mol. The second-order valence-electron chi connectivity index (χ2n) is 9.01. The summed E-state index contributed by atoms with van der Waals surface area (Å²) >= 11 is 0. The van der Waals surface area contributed by atoms with E-state index in [1.165, 1.54) is 71.6 Å². The lowest BCUT2D eigenvalue weighted by molar-refractivity contribution is 0.0982. The molecule has 158 valence electrons. The van der Waals surface area contributed by atoms with Crippen LogP contribution in [0.1, 0.15) is 47.0 Å². The Balaban J connectivity index is 1.67. The Labute approximate surface area is 167 Å². The van der Waals surface area contributed by atoms with Crippen LogP contribution in [0.25, 0.3) is 0 Å². The minimum Gasteiger partial charge on any atom is -0.356 e. The fraction of sp³-hybridized carbons (Fsp3) is 0.952. The first kappa shape index (κ1) is 22.4. The van der Waals surface area contributed by atoms with Crippen molar-refractivity contribution < 1.29 is 0 Å². The van der Waals surface area contributed by atoms with Crippen LogP contribution in [0.3, 0.4) is 0 Å². The van der Waals surface area contributed by atoms with Gasteiger partial charge in [-0.15, -0.1) is 0 Å². The zero-order valence-corrected chi connectivity index (χ0v) is 18.6. The van der Waals surface area contributed by atoms with Gasteiger partial charge >= 0.3 is 0 Å². The van der Waals surface area contributed by atoms with Crippen molar-refractivity contribution in [2.75, 3.05) is 72.5 Å². The highest BCUT2D eigenvalue weighted by Crippen LogP contribution is 2.19. The molecule has 2 N–H and O–H groups in total. The number of rotatable bonds is 8. The molecule has 0 aromatic heterocycles.